The van der Waals surface area contributed by atoms with E-state index in [1.54, 1.807) is 24.3 Å². The van der Waals surface area contributed by atoms with Crippen LogP contribution in [-0.4, -0.2) is 26.6 Å². The van der Waals surface area contributed by atoms with E-state index in [0.717, 1.165) is 11.8 Å². The van der Waals surface area contributed by atoms with Crippen LogP contribution >= 0.6 is 0 Å². The Morgan fingerprint density at radius 2 is 1.72 bits per heavy atom. The molecule has 2 unspecified atom stereocenters. The third-order valence-electron chi connectivity index (χ3n) is 4.04. The molecule has 2 atom stereocenters. The van der Waals surface area contributed by atoms with Gasteiger partial charge in [-0.05, 0) is 48.4 Å². The fourth-order valence-electron chi connectivity index (χ4n) is 2.66. The molecule has 1 saturated heterocycles. The summed E-state index contributed by atoms with van der Waals surface area (Å²) in [5, 5.41) is 2.75. The van der Waals surface area contributed by atoms with Crippen LogP contribution in [0.3, 0.4) is 0 Å². The normalized spacial score (nSPS) is 20.4. The van der Waals surface area contributed by atoms with E-state index in [4.69, 9.17) is 0 Å². The van der Waals surface area contributed by atoms with Gasteiger partial charge in [-0.25, -0.2) is 23.7 Å². The van der Waals surface area contributed by atoms with Crippen molar-refractivity contribution in [2.75, 3.05) is 11.6 Å². The zero-order valence-corrected chi connectivity index (χ0v) is 14.3. The van der Waals surface area contributed by atoms with Gasteiger partial charge in [0.2, 0.25) is 5.91 Å². The van der Waals surface area contributed by atoms with Gasteiger partial charge >= 0.3 is 0 Å². The molecule has 2 aromatic carbocycles. The van der Waals surface area contributed by atoms with Gasteiger partial charge in [0.05, 0.1) is 4.90 Å². The molecule has 1 heterocycles. The quantitative estimate of drug-likeness (QED) is 0.771. The van der Waals surface area contributed by atoms with E-state index >= 15 is 0 Å². The number of amides is 1. The Kier molecular flexibility index (Phi) is 4.85. The first kappa shape index (κ1) is 17.5. The van der Waals surface area contributed by atoms with Crippen molar-refractivity contribution in [2.24, 2.45) is 0 Å². The van der Waals surface area contributed by atoms with Crippen molar-refractivity contribution in [1.82, 2.24) is 10.9 Å². The summed E-state index contributed by atoms with van der Waals surface area (Å²) in [4.78, 5) is 12.5. The average molecular weight is 363 g/mol. The zero-order valence-electron chi connectivity index (χ0n) is 13.5. The van der Waals surface area contributed by atoms with Gasteiger partial charge in [0, 0.05) is 18.0 Å². The number of hydrogen-bond donors (Lipinski definition) is 3. The molecule has 132 valence electrons. The molecular formula is C17H18FN3O3S. The minimum atomic E-state index is -3.27. The highest BCUT2D eigenvalue weighted by Crippen LogP contribution is 2.23. The van der Waals surface area contributed by atoms with Crippen molar-refractivity contribution in [3.05, 3.63) is 59.9 Å². The van der Waals surface area contributed by atoms with E-state index in [1.165, 1.54) is 24.3 Å². The summed E-state index contributed by atoms with van der Waals surface area (Å²) in [5.74, 6) is -0.536. The van der Waals surface area contributed by atoms with Gasteiger partial charge in [-0.2, -0.15) is 0 Å². The first-order chi connectivity index (χ1) is 11.8. The Bertz CT molecular complexity index is 867. The summed E-state index contributed by atoms with van der Waals surface area (Å²) in [7, 11) is -3.27. The summed E-state index contributed by atoms with van der Waals surface area (Å²) < 4.78 is 35.9. The van der Waals surface area contributed by atoms with Crippen molar-refractivity contribution in [1.29, 1.82) is 0 Å². The SMILES string of the molecule is CS(=O)(=O)c1ccc(NC(=O)C2CC(c3ccc(F)cc3)NN2)cc1. The van der Waals surface area contributed by atoms with Gasteiger partial charge in [-0.3, -0.25) is 4.79 Å². The van der Waals surface area contributed by atoms with Gasteiger partial charge in [0.1, 0.15) is 11.9 Å². The van der Waals surface area contributed by atoms with Crippen molar-refractivity contribution in [2.45, 2.75) is 23.4 Å². The van der Waals surface area contributed by atoms with E-state index in [9.17, 15) is 17.6 Å². The van der Waals surface area contributed by atoms with Crippen molar-refractivity contribution in [3.8, 4) is 0 Å². The lowest BCUT2D eigenvalue weighted by Crippen LogP contribution is -2.39. The van der Waals surface area contributed by atoms with Crippen molar-refractivity contribution < 1.29 is 17.6 Å². The summed E-state index contributed by atoms with van der Waals surface area (Å²) >= 11 is 0. The average Bonchev–Trinajstić information content (AvgIpc) is 3.05. The lowest BCUT2D eigenvalue weighted by molar-refractivity contribution is -0.117. The van der Waals surface area contributed by atoms with Crippen LogP contribution < -0.4 is 16.2 Å². The van der Waals surface area contributed by atoms with E-state index in [0.29, 0.717) is 12.1 Å². The third-order valence-corrected chi connectivity index (χ3v) is 5.17. The topological polar surface area (TPSA) is 87.3 Å². The Morgan fingerprint density at radius 1 is 1.08 bits per heavy atom. The predicted molar refractivity (Wildman–Crippen MR) is 92.0 cm³/mol. The number of nitrogens with one attached hydrogen (secondary N) is 3. The number of anilines is 1. The third kappa shape index (κ3) is 4.22. The Labute approximate surface area is 145 Å². The van der Waals surface area contributed by atoms with E-state index in [1.807, 2.05) is 0 Å². The summed E-state index contributed by atoms with van der Waals surface area (Å²) in [6.07, 6.45) is 1.64. The lowest BCUT2D eigenvalue weighted by Gasteiger charge is -2.11. The molecule has 3 N–H and O–H groups in total. The maximum absolute atomic E-state index is 13.0. The summed E-state index contributed by atoms with van der Waals surface area (Å²) in [6, 6.07) is 11.6. The molecule has 3 rings (SSSR count). The van der Waals surface area contributed by atoms with Crippen LogP contribution in [0.25, 0.3) is 0 Å². The van der Waals surface area contributed by atoms with Gasteiger partial charge < -0.3 is 5.32 Å². The maximum atomic E-state index is 13.0. The Hall–Kier alpha value is -2.29. The molecule has 0 spiro atoms. The van der Waals surface area contributed by atoms with Crippen LogP contribution in [0.5, 0.6) is 0 Å². The van der Waals surface area contributed by atoms with Crippen molar-refractivity contribution in [3.63, 3.8) is 0 Å². The van der Waals surface area contributed by atoms with Gasteiger partial charge in [-0.15, -0.1) is 0 Å². The van der Waals surface area contributed by atoms with Gasteiger partial charge in [-0.1, -0.05) is 12.1 Å². The van der Waals surface area contributed by atoms with Crippen LogP contribution in [0.15, 0.2) is 53.4 Å². The molecule has 0 radical (unpaired) electrons. The Morgan fingerprint density at radius 3 is 2.32 bits per heavy atom. The van der Waals surface area contributed by atoms with Gasteiger partial charge in [0.25, 0.3) is 0 Å². The number of rotatable bonds is 4. The van der Waals surface area contributed by atoms with E-state index in [2.05, 4.69) is 16.2 Å². The molecule has 1 amide bonds. The molecule has 0 aliphatic carbocycles. The molecule has 1 aliphatic rings. The van der Waals surface area contributed by atoms with Crippen LogP contribution in [-0.2, 0) is 14.6 Å². The second-order valence-electron chi connectivity index (χ2n) is 5.97. The minimum Gasteiger partial charge on any atom is -0.325 e. The molecule has 0 aromatic heterocycles. The first-order valence-electron chi connectivity index (χ1n) is 7.70. The maximum Gasteiger partial charge on any atom is 0.242 e. The number of carbonyl (C=O) groups excluding carboxylic acids is 1. The van der Waals surface area contributed by atoms with Gasteiger partial charge in [0.15, 0.2) is 9.84 Å². The molecule has 1 aliphatic heterocycles. The fourth-order valence-corrected chi connectivity index (χ4v) is 3.29. The molecule has 2 aromatic rings. The molecule has 1 fully saturated rings. The molecule has 8 heteroatoms. The summed E-state index contributed by atoms with van der Waals surface area (Å²) in [6.45, 7) is 0. The molecule has 0 saturated carbocycles. The fraction of sp³-hybridized carbons (Fsp3) is 0.235. The number of hydrazine groups is 1. The van der Waals surface area contributed by atoms with Crippen LogP contribution in [0.4, 0.5) is 10.1 Å². The lowest BCUT2D eigenvalue weighted by atomic mass is 10.0. The number of sulfone groups is 1. The highest BCUT2D eigenvalue weighted by Gasteiger charge is 2.30. The molecule has 0 bridgehead atoms. The minimum absolute atomic E-state index is 0.0936. The molecular weight excluding hydrogens is 345 g/mol. The van der Waals surface area contributed by atoms with E-state index < -0.39 is 15.9 Å². The monoisotopic (exact) mass is 363 g/mol. The van der Waals surface area contributed by atoms with Crippen LogP contribution in [0.1, 0.15) is 18.0 Å². The second-order valence-corrected chi connectivity index (χ2v) is 7.98. The highest BCUT2D eigenvalue weighted by atomic mass is 32.2. The predicted octanol–water partition coefficient (Wildman–Crippen LogP) is 1.78. The number of halogens is 1. The molecule has 25 heavy (non-hydrogen) atoms. The van der Waals surface area contributed by atoms with Crippen LogP contribution in [0.2, 0.25) is 0 Å². The highest BCUT2D eigenvalue weighted by molar-refractivity contribution is 7.90. The largest absolute Gasteiger partial charge is 0.325 e. The standard InChI is InChI=1S/C17H18FN3O3S/c1-25(23,24)14-8-6-13(7-9-14)19-17(22)16-10-15(20-21-16)11-2-4-12(18)5-3-11/h2-9,15-16,20-21H,10H2,1H3,(H,19,22). The van der Waals surface area contributed by atoms with Crippen molar-refractivity contribution >= 4 is 21.4 Å². The number of benzene rings is 2. The zero-order chi connectivity index (χ0) is 18.0. The van der Waals surface area contributed by atoms with Crippen LogP contribution in [0, 0.1) is 5.82 Å². The number of carbonyl (C=O) groups is 1. The Balaban J connectivity index is 1.61. The molecule has 6 nitrogen and oxygen atoms in total. The number of hydrogen-bond acceptors (Lipinski definition) is 5. The van der Waals surface area contributed by atoms with E-state index in [-0.39, 0.29) is 22.7 Å². The smallest absolute Gasteiger partial charge is 0.242 e. The first-order valence-corrected chi connectivity index (χ1v) is 9.59. The summed E-state index contributed by atoms with van der Waals surface area (Å²) in [5.41, 5.74) is 7.36. The second kappa shape index (κ2) is 6.91.